The van der Waals surface area contributed by atoms with Crippen LogP contribution in [0.1, 0.15) is 73.7 Å². The second-order valence-corrected chi connectivity index (χ2v) is 9.71. The van der Waals surface area contributed by atoms with Crippen LogP contribution in [-0.4, -0.2) is 11.7 Å². The van der Waals surface area contributed by atoms with Crippen LogP contribution < -0.4 is 4.74 Å². The summed E-state index contributed by atoms with van der Waals surface area (Å²) in [4.78, 5) is 0. The lowest BCUT2D eigenvalue weighted by molar-refractivity contribution is 0.199. The Bertz CT molecular complexity index is 1150. The monoisotopic (exact) mass is 494 g/mol. The number of hydrogen-bond donors (Lipinski definition) is 1. The number of aliphatic hydroxyl groups is 1. The molecular weight excluding hydrogens is 461 g/mol. The summed E-state index contributed by atoms with van der Waals surface area (Å²) < 4.78 is 49.8. The number of halogens is 3. The highest BCUT2D eigenvalue weighted by Gasteiger charge is 2.27. The topological polar surface area (TPSA) is 29.5 Å². The van der Waals surface area contributed by atoms with Crippen LogP contribution >= 0.6 is 0 Å². The molecule has 2 atom stereocenters. The second kappa shape index (κ2) is 11.8. The van der Waals surface area contributed by atoms with E-state index < -0.39 is 23.7 Å². The van der Waals surface area contributed by atoms with Crippen molar-refractivity contribution in [2.45, 2.75) is 57.0 Å². The van der Waals surface area contributed by atoms with Crippen LogP contribution in [0.5, 0.6) is 5.75 Å². The summed E-state index contributed by atoms with van der Waals surface area (Å²) in [7, 11) is 0. The summed E-state index contributed by atoms with van der Waals surface area (Å²) in [5.41, 5.74) is 2.43. The molecule has 0 saturated heterocycles. The molecule has 36 heavy (non-hydrogen) atoms. The van der Waals surface area contributed by atoms with Gasteiger partial charge in [0.15, 0.2) is 5.83 Å². The molecule has 5 heteroatoms. The van der Waals surface area contributed by atoms with Gasteiger partial charge in [-0.1, -0.05) is 61.2 Å². The van der Waals surface area contributed by atoms with E-state index in [0.717, 1.165) is 31.2 Å². The van der Waals surface area contributed by atoms with Crippen LogP contribution in [0.4, 0.5) is 13.2 Å². The molecular formula is C31H33F3O2. The van der Waals surface area contributed by atoms with E-state index in [9.17, 15) is 18.3 Å². The van der Waals surface area contributed by atoms with Crippen molar-refractivity contribution >= 4 is 0 Å². The zero-order valence-electron chi connectivity index (χ0n) is 20.6. The molecule has 190 valence electrons. The maximum Gasteiger partial charge on any atom is 0.162 e. The van der Waals surface area contributed by atoms with Crippen LogP contribution in [0.15, 0.2) is 90.6 Å². The van der Waals surface area contributed by atoms with Crippen LogP contribution in [0.2, 0.25) is 0 Å². The highest BCUT2D eigenvalue weighted by atomic mass is 19.2. The van der Waals surface area contributed by atoms with E-state index in [1.807, 2.05) is 6.08 Å². The molecule has 0 spiro atoms. The van der Waals surface area contributed by atoms with E-state index in [2.05, 4.69) is 6.58 Å². The Hall–Kier alpha value is -3.05. The molecule has 0 bridgehead atoms. The average Bonchev–Trinajstić information content (AvgIpc) is 2.89. The lowest BCUT2D eigenvalue weighted by atomic mass is 9.78. The van der Waals surface area contributed by atoms with Crippen molar-refractivity contribution in [3.05, 3.63) is 113 Å². The van der Waals surface area contributed by atoms with E-state index in [1.54, 1.807) is 61.5 Å². The number of ether oxygens (including phenoxy) is 1. The van der Waals surface area contributed by atoms with Crippen LogP contribution in [-0.2, 0) is 0 Å². The van der Waals surface area contributed by atoms with Gasteiger partial charge in [-0.25, -0.2) is 13.2 Å². The van der Waals surface area contributed by atoms with Gasteiger partial charge in [0.25, 0.3) is 0 Å². The van der Waals surface area contributed by atoms with Gasteiger partial charge in [-0.2, -0.15) is 0 Å². The minimum Gasteiger partial charge on any atom is -0.489 e. The Morgan fingerprint density at radius 1 is 1.06 bits per heavy atom. The average molecular weight is 495 g/mol. The minimum atomic E-state index is -0.809. The van der Waals surface area contributed by atoms with Gasteiger partial charge in [-0.3, -0.25) is 0 Å². The lowest BCUT2D eigenvalue weighted by Crippen LogP contribution is -2.13. The molecule has 0 radical (unpaired) electrons. The number of hydrogen-bond acceptors (Lipinski definition) is 2. The molecule has 1 fully saturated rings. The van der Waals surface area contributed by atoms with E-state index in [-0.39, 0.29) is 23.2 Å². The summed E-state index contributed by atoms with van der Waals surface area (Å²) in [6.07, 6.45) is 10.2. The maximum absolute atomic E-state index is 14.9. The van der Waals surface area contributed by atoms with Gasteiger partial charge in [0, 0.05) is 17.6 Å². The second-order valence-electron chi connectivity index (χ2n) is 9.71. The Kier molecular flexibility index (Phi) is 8.52. The molecule has 0 aliphatic heterocycles. The first-order valence-electron chi connectivity index (χ1n) is 12.6. The summed E-state index contributed by atoms with van der Waals surface area (Å²) in [6, 6.07) is 12.0. The highest BCUT2D eigenvalue weighted by molar-refractivity contribution is 5.45. The third-order valence-corrected chi connectivity index (χ3v) is 7.26. The Morgan fingerprint density at radius 2 is 1.78 bits per heavy atom. The Labute approximate surface area is 211 Å². The largest absolute Gasteiger partial charge is 0.489 e. The van der Waals surface area contributed by atoms with Gasteiger partial charge in [-0.05, 0) is 73.6 Å². The third-order valence-electron chi connectivity index (χ3n) is 7.26. The van der Waals surface area contributed by atoms with Crippen molar-refractivity contribution in [1.29, 1.82) is 0 Å². The van der Waals surface area contributed by atoms with Gasteiger partial charge in [0.05, 0.1) is 6.10 Å². The molecule has 4 rings (SSSR count). The fraction of sp³-hybridized carbons (Fsp3) is 0.355. The predicted molar refractivity (Wildman–Crippen MR) is 138 cm³/mol. The first-order valence-corrected chi connectivity index (χ1v) is 12.6. The van der Waals surface area contributed by atoms with Gasteiger partial charge in [0.1, 0.15) is 24.0 Å². The van der Waals surface area contributed by atoms with Gasteiger partial charge < -0.3 is 9.84 Å². The summed E-state index contributed by atoms with van der Waals surface area (Å²) in [5, 5.41) is 9.66. The van der Waals surface area contributed by atoms with E-state index in [4.69, 9.17) is 4.74 Å². The van der Waals surface area contributed by atoms with Crippen LogP contribution in [0.25, 0.3) is 0 Å². The first-order chi connectivity index (χ1) is 17.4. The highest BCUT2D eigenvalue weighted by Crippen LogP contribution is 2.41. The van der Waals surface area contributed by atoms with Gasteiger partial charge in [0.2, 0.25) is 0 Å². The van der Waals surface area contributed by atoms with Crippen molar-refractivity contribution in [2.75, 3.05) is 6.61 Å². The molecule has 1 saturated carbocycles. The summed E-state index contributed by atoms with van der Waals surface area (Å²) in [6.45, 7) is 5.60. The maximum atomic E-state index is 14.9. The molecule has 0 heterocycles. The molecule has 2 aromatic rings. The minimum absolute atomic E-state index is 0.145. The normalized spacial score (nSPS) is 23.5. The van der Waals surface area contributed by atoms with E-state index in [0.29, 0.717) is 29.9 Å². The molecule has 0 aromatic heterocycles. The van der Waals surface area contributed by atoms with Crippen molar-refractivity contribution in [3.8, 4) is 5.75 Å². The molecule has 2 aliphatic carbocycles. The number of aliphatic hydroxyl groups excluding tert-OH is 1. The molecule has 2 unspecified atom stereocenters. The lowest BCUT2D eigenvalue weighted by Gasteiger charge is -2.27. The smallest absolute Gasteiger partial charge is 0.162 e. The molecule has 2 aliphatic rings. The fourth-order valence-electron chi connectivity index (χ4n) is 5.11. The number of allylic oxidation sites excluding steroid dienone is 6. The van der Waals surface area contributed by atoms with Crippen molar-refractivity contribution in [2.24, 2.45) is 5.92 Å². The van der Waals surface area contributed by atoms with Crippen molar-refractivity contribution in [1.82, 2.24) is 0 Å². The zero-order valence-corrected chi connectivity index (χ0v) is 20.6. The summed E-state index contributed by atoms with van der Waals surface area (Å²) in [5.74, 6) is -1.56. The molecule has 1 N–H and O–H groups in total. The van der Waals surface area contributed by atoms with Crippen molar-refractivity contribution in [3.63, 3.8) is 0 Å². The number of rotatable bonds is 8. The SMILES string of the molecule is C=CCOc1ccc(C2CCC(/C=C/C3=CCC(c4ccc(C(C)O)cc4)C(F)=C3F)CC2)c(F)c1. The van der Waals surface area contributed by atoms with Gasteiger partial charge >= 0.3 is 0 Å². The zero-order chi connectivity index (χ0) is 25.7. The van der Waals surface area contributed by atoms with Crippen LogP contribution in [0.3, 0.4) is 0 Å². The molecule has 2 aromatic carbocycles. The summed E-state index contributed by atoms with van der Waals surface area (Å²) >= 11 is 0. The Balaban J connectivity index is 1.34. The first kappa shape index (κ1) is 26.0. The molecule has 2 nitrogen and oxygen atoms in total. The predicted octanol–water partition coefficient (Wildman–Crippen LogP) is 8.54. The third kappa shape index (κ3) is 6.01. The van der Waals surface area contributed by atoms with E-state index in [1.165, 1.54) is 6.07 Å². The van der Waals surface area contributed by atoms with Crippen LogP contribution in [0, 0.1) is 11.7 Å². The van der Waals surface area contributed by atoms with Gasteiger partial charge in [-0.15, -0.1) is 0 Å². The van der Waals surface area contributed by atoms with E-state index >= 15 is 0 Å². The quantitative estimate of drug-likeness (QED) is 0.373. The Morgan fingerprint density at radius 3 is 2.42 bits per heavy atom. The van der Waals surface area contributed by atoms with Crippen molar-refractivity contribution < 1.29 is 23.0 Å². The fourth-order valence-corrected chi connectivity index (χ4v) is 5.11. The standard InChI is InChI=1S/C31H33F3O2/c1-3-18-36-26-15-17-27(29(32)19-26)23-7-4-21(5-8-23)6-9-25-14-16-28(31(34)30(25)33)24-12-10-22(11-13-24)20(2)35/h3,6,9-15,17,19-21,23,28,35H,1,4-5,7-8,16,18H2,2H3/b9-6+. The molecule has 0 amide bonds. The number of benzene rings is 2.